The molecule has 1 saturated carbocycles. The molecule has 0 aromatic rings. The molecule has 0 heterocycles. The van der Waals surface area contributed by atoms with Gasteiger partial charge >= 0.3 is 5.97 Å². The molecule has 0 spiro atoms. The molecule has 1 rings (SSSR count). The minimum Gasteiger partial charge on any atom is -0.465 e. The summed E-state index contributed by atoms with van der Waals surface area (Å²) in [4.78, 5) is 10.9. The molecule has 11 heavy (non-hydrogen) atoms. The van der Waals surface area contributed by atoms with Crippen molar-refractivity contribution in [2.45, 2.75) is 25.7 Å². The smallest absolute Gasteiger partial charge is 0.305 e. The van der Waals surface area contributed by atoms with E-state index in [4.69, 9.17) is 10.5 Å². The van der Waals surface area contributed by atoms with Crippen LogP contribution in [-0.2, 0) is 9.53 Å². The van der Waals surface area contributed by atoms with Crippen molar-refractivity contribution >= 4 is 5.97 Å². The van der Waals surface area contributed by atoms with E-state index in [2.05, 4.69) is 0 Å². The minimum absolute atomic E-state index is 0.0950. The van der Waals surface area contributed by atoms with E-state index < -0.39 is 0 Å². The molecule has 0 saturated heterocycles. The predicted octanol–water partition coefficient (Wildman–Crippen LogP) is 0.678. The maximum Gasteiger partial charge on any atom is 0.305 e. The first-order chi connectivity index (χ1) is 5.33. The summed E-state index contributed by atoms with van der Waals surface area (Å²) in [6, 6.07) is 0. The summed E-state index contributed by atoms with van der Waals surface area (Å²) in [5.74, 6) is 0.569. The van der Waals surface area contributed by atoms with Crippen LogP contribution < -0.4 is 5.73 Å². The summed E-state index contributed by atoms with van der Waals surface area (Å²) in [7, 11) is 0. The summed E-state index contributed by atoms with van der Waals surface area (Å²) in [5.41, 5.74) is 5.24. The quantitative estimate of drug-likeness (QED) is 0.597. The van der Waals surface area contributed by atoms with E-state index in [0.717, 1.165) is 6.42 Å². The van der Waals surface area contributed by atoms with Crippen molar-refractivity contribution in [2.24, 2.45) is 11.7 Å². The fourth-order valence-corrected chi connectivity index (χ4v) is 0.814. The Morgan fingerprint density at radius 2 is 2.27 bits per heavy atom. The fraction of sp³-hybridized carbons (Fsp3) is 0.875. The van der Waals surface area contributed by atoms with Gasteiger partial charge in [0.05, 0.1) is 6.61 Å². The Kier molecular flexibility index (Phi) is 3.36. The van der Waals surface area contributed by atoms with Crippen LogP contribution >= 0.6 is 0 Å². The number of hydrogen-bond donors (Lipinski definition) is 1. The molecule has 1 aliphatic rings. The molecule has 0 bridgehead atoms. The number of ether oxygens (including phenoxy) is 1. The highest BCUT2D eigenvalue weighted by molar-refractivity contribution is 5.69. The SMILES string of the molecule is NCCCC(=O)OCC1CC1. The van der Waals surface area contributed by atoms with Gasteiger partial charge in [0.25, 0.3) is 0 Å². The Morgan fingerprint density at radius 3 is 2.82 bits per heavy atom. The molecule has 0 radical (unpaired) electrons. The van der Waals surface area contributed by atoms with Gasteiger partial charge < -0.3 is 10.5 Å². The largest absolute Gasteiger partial charge is 0.465 e. The van der Waals surface area contributed by atoms with Crippen molar-refractivity contribution in [3.8, 4) is 0 Å². The highest BCUT2D eigenvalue weighted by atomic mass is 16.5. The molecular formula is C8H15NO2. The molecule has 1 fully saturated rings. The van der Waals surface area contributed by atoms with Gasteiger partial charge in [-0.2, -0.15) is 0 Å². The predicted molar refractivity (Wildman–Crippen MR) is 42.0 cm³/mol. The summed E-state index contributed by atoms with van der Waals surface area (Å²) in [6.07, 6.45) is 3.67. The molecule has 0 amide bonds. The van der Waals surface area contributed by atoms with Gasteiger partial charge in [-0.3, -0.25) is 4.79 Å². The Balaban J connectivity index is 1.91. The van der Waals surface area contributed by atoms with E-state index in [0.29, 0.717) is 25.5 Å². The maximum absolute atomic E-state index is 10.9. The zero-order chi connectivity index (χ0) is 8.10. The second-order valence-electron chi connectivity index (χ2n) is 3.02. The minimum atomic E-state index is -0.0950. The summed E-state index contributed by atoms with van der Waals surface area (Å²) in [6.45, 7) is 1.20. The lowest BCUT2D eigenvalue weighted by Gasteiger charge is -2.01. The van der Waals surface area contributed by atoms with Crippen LogP contribution in [0.2, 0.25) is 0 Å². The first-order valence-corrected chi connectivity index (χ1v) is 4.18. The molecule has 0 aromatic heterocycles. The maximum atomic E-state index is 10.9. The Hall–Kier alpha value is -0.570. The van der Waals surface area contributed by atoms with Crippen LogP contribution in [0.3, 0.4) is 0 Å². The third-order valence-electron chi connectivity index (χ3n) is 1.76. The summed E-state index contributed by atoms with van der Waals surface area (Å²) >= 11 is 0. The molecule has 0 atom stereocenters. The molecule has 0 unspecified atom stereocenters. The lowest BCUT2D eigenvalue weighted by atomic mass is 10.3. The van der Waals surface area contributed by atoms with Crippen molar-refractivity contribution in [1.82, 2.24) is 0 Å². The van der Waals surface area contributed by atoms with E-state index in [1.165, 1.54) is 12.8 Å². The van der Waals surface area contributed by atoms with Crippen LogP contribution in [0.4, 0.5) is 0 Å². The zero-order valence-corrected chi connectivity index (χ0v) is 6.71. The summed E-state index contributed by atoms with van der Waals surface area (Å²) in [5, 5.41) is 0. The van der Waals surface area contributed by atoms with Gasteiger partial charge in [-0.1, -0.05) is 0 Å². The number of rotatable bonds is 5. The first kappa shape index (κ1) is 8.53. The standard InChI is InChI=1S/C8H15NO2/c9-5-1-2-8(10)11-6-7-3-4-7/h7H,1-6,9H2. The Morgan fingerprint density at radius 1 is 1.55 bits per heavy atom. The van der Waals surface area contributed by atoms with Crippen molar-refractivity contribution in [1.29, 1.82) is 0 Å². The average Bonchev–Trinajstić information content (AvgIpc) is 2.80. The molecule has 64 valence electrons. The van der Waals surface area contributed by atoms with E-state index in [1.54, 1.807) is 0 Å². The van der Waals surface area contributed by atoms with Crippen LogP contribution in [0.15, 0.2) is 0 Å². The number of nitrogens with two attached hydrogens (primary N) is 1. The third-order valence-corrected chi connectivity index (χ3v) is 1.76. The molecule has 3 nitrogen and oxygen atoms in total. The second-order valence-corrected chi connectivity index (χ2v) is 3.02. The molecule has 1 aliphatic carbocycles. The van der Waals surface area contributed by atoms with E-state index in [-0.39, 0.29) is 5.97 Å². The molecule has 2 N–H and O–H groups in total. The van der Waals surface area contributed by atoms with Gasteiger partial charge in [-0.25, -0.2) is 0 Å². The van der Waals surface area contributed by atoms with Gasteiger partial charge in [-0.05, 0) is 31.7 Å². The number of carbonyl (C=O) groups excluding carboxylic acids is 1. The van der Waals surface area contributed by atoms with E-state index in [1.807, 2.05) is 0 Å². The Bertz CT molecular complexity index is 132. The highest BCUT2D eigenvalue weighted by Crippen LogP contribution is 2.28. The molecule has 3 heteroatoms. The van der Waals surface area contributed by atoms with Crippen LogP contribution in [0.1, 0.15) is 25.7 Å². The lowest BCUT2D eigenvalue weighted by molar-refractivity contribution is -0.144. The average molecular weight is 157 g/mol. The van der Waals surface area contributed by atoms with Gasteiger partial charge in [0.1, 0.15) is 0 Å². The van der Waals surface area contributed by atoms with Crippen molar-refractivity contribution < 1.29 is 9.53 Å². The van der Waals surface area contributed by atoms with Gasteiger partial charge in [-0.15, -0.1) is 0 Å². The number of esters is 1. The molecular weight excluding hydrogens is 142 g/mol. The summed E-state index contributed by atoms with van der Waals surface area (Å²) < 4.78 is 4.97. The fourth-order valence-electron chi connectivity index (χ4n) is 0.814. The number of hydrogen-bond acceptors (Lipinski definition) is 3. The molecule has 0 aromatic carbocycles. The highest BCUT2D eigenvalue weighted by Gasteiger charge is 2.22. The molecule has 0 aliphatic heterocycles. The van der Waals surface area contributed by atoms with Crippen LogP contribution in [-0.4, -0.2) is 19.1 Å². The van der Waals surface area contributed by atoms with Gasteiger partial charge in [0.2, 0.25) is 0 Å². The number of carbonyl (C=O) groups is 1. The third kappa shape index (κ3) is 3.98. The van der Waals surface area contributed by atoms with Gasteiger partial charge in [0, 0.05) is 6.42 Å². The monoisotopic (exact) mass is 157 g/mol. The van der Waals surface area contributed by atoms with Crippen LogP contribution in [0.5, 0.6) is 0 Å². The van der Waals surface area contributed by atoms with E-state index >= 15 is 0 Å². The normalized spacial score (nSPS) is 16.5. The van der Waals surface area contributed by atoms with Crippen molar-refractivity contribution in [2.75, 3.05) is 13.2 Å². The van der Waals surface area contributed by atoms with Crippen molar-refractivity contribution in [3.05, 3.63) is 0 Å². The van der Waals surface area contributed by atoms with Gasteiger partial charge in [0.15, 0.2) is 0 Å². The lowest BCUT2D eigenvalue weighted by Crippen LogP contribution is -2.09. The second kappa shape index (κ2) is 4.34. The van der Waals surface area contributed by atoms with Crippen molar-refractivity contribution in [3.63, 3.8) is 0 Å². The zero-order valence-electron chi connectivity index (χ0n) is 6.71. The Labute approximate surface area is 66.9 Å². The first-order valence-electron chi connectivity index (χ1n) is 4.18. The van der Waals surface area contributed by atoms with Crippen LogP contribution in [0.25, 0.3) is 0 Å². The topological polar surface area (TPSA) is 52.3 Å². The van der Waals surface area contributed by atoms with Crippen LogP contribution in [0, 0.1) is 5.92 Å². The van der Waals surface area contributed by atoms with E-state index in [9.17, 15) is 4.79 Å².